The van der Waals surface area contributed by atoms with Crippen molar-refractivity contribution in [2.45, 2.75) is 57.9 Å². The molecule has 0 atom stereocenters. The highest BCUT2D eigenvalue weighted by Crippen LogP contribution is 2.28. The van der Waals surface area contributed by atoms with E-state index in [9.17, 15) is 4.79 Å². The second-order valence-corrected chi connectivity index (χ2v) is 8.94. The molecule has 1 aromatic rings. The maximum Gasteiger partial charge on any atom is 0.225 e. The van der Waals surface area contributed by atoms with Crippen LogP contribution in [0.15, 0.2) is 5.38 Å². The predicted octanol–water partition coefficient (Wildman–Crippen LogP) is 3.36. The average Bonchev–Trinajstić information content (AvgIpc) is 3.30. The third-order valence-corrected chi connectivity index (χ3v) is 7.14. The number of nitrogens with zero attached hydrogens (tertiary/aromatic N) is 4. The van der Waals surface area contributed by atoms with Gasteiger partial charge in [0.15, 0.2) is 5.13 Å². The zero-order valence-corrected chi connectivity index (χ0v) is 16.7. The molecule has 144 valence electrons. The van der Waals surface area contributed by atoms with Gasteiger partial charge in [-0.15, -0.1) is 11.3 Å². The molecular formula is C20H32N4OS. The summed E-state index contributed by atoms with van der Waals surface area (Å²) in [6, 6.07) is 0. The first-order valence-corrected chi connectivity index (χ1v) is 11.4. The van der Waals surface area contributed by atoms with Crippen LogP contribution in [0.2, 0.25) is 0 Å². The molecule has 3 heterocycles. The summed E-state index contributed by atoms with van der Waals surface area (Å²) in [7, 11) is 0. The fourth-order valence-electron chi connectivity index (χ4n) is 4.59. The monoisotopic (exact) mass is 376 g/mol. The van der Waals surface area contributed by atoms with Gasteiger partial charge in [0.2, 0.25) is 5.91 Å². The van der Waals surface area contributed by atoms with E-state index in [1.165, 1.54) is 57.3 Å². The van der Waals surface area contributed by atoms with E-state index in [2.05, 4.69) is 20.1 Å². The molecular weight excluding hydrogens is 344 g/mol. The minimum atomic E-state index is 0.307. The van der Waals surface area contributed by atoms with Gasteiger partial charge >= 0.3 is 0 Å². The molecule has 3 aliphatic rings. The normalized spacial score (nSPS) is 23.4. The van der Waals surface area contributed by atoms with Crippen LogP contribution in [-0.2, 0) is 11.3 Å². The van der Waals surface area contributed by atoms with Crippen LogP contribution < -0.4 is 4.90 Å². The van der Waals surface area contributed by atoms with Gasteiger partial charge in [0.25, 0.3) is 0 Å². The largest absolute Gasteiger partial charge is 0.345 e. The van der Waals surface area contributed by atoms with Crippen molar-refractivity contribution >= 4 is 22.4 Å². The van der Waals surface area contributed by atoms with E-state index in [0.717, 1.165) is 50.7 Å². The summed E-state index contributed by atoms with van der Waals surface area (Å²) in [5, 5.41) is 3.37. The van der Waals surface area contributed by atoms with E-state index in [1.807, 2.05) is 0 Å². The van der Waals surface area contributed by atoms with Crippen LogP contribution in [-0.4, -0.2) is 60.0 Å². The van der Waals surface area contributed by atoms with Gasteiger partial charge in [0.05, 0.1) is 5.69 Å². The van der Waals surface area contributed by atoms with Gasteiger partial charge in [-0.1, -0.05) is 25.7 Å². The van der Waals surface area contributed by atoms with Crippen LogP contribution in [0.25, 0.3) is 0 Å². The van der Waals surface area contributed by atoms with Crippen molar-refractivity contribution in [2.24, 2.45) is 5.92 Å². The number of anilines is 1. The highest BCUT2D eigenvalue weighted by atomic mass is 32.1. The number of likely N-dealkylation sites (tertiary alicyclic amines) is 1. The molecule has 1 amide bonds. The van der Waals surface area contributed by atoms with Gasteiger partial charge in [-0.2, -0.15) is 0 Å². The molecule has 0 N–H and O–H groups in total. The van der Waals surface area contributed by atoms with Gasteiger partial charge in [-0.05, 0) is 38.8 Å². The lowest BCUT2D eigenvalue weighted by molar-refractivity contribution is -0.135. The molecule has 5 nitrogen and oxygen atoms in total. The molecule has 1 saturated carbocycles. The Kier molecular flexibility index (Phi) is 6.10. The van der Waals surface area contributed by atoms with E-state index in [0.29, 0.717) is 11.8 Å². The number of amides is 1. The molecule has 0 bridgehead atoms. The molecule has 0 unspecified atom stereocenters. The van der Waals surface area contributed by atoms with Crippen LogP contribution in [0.4, 0.5) is 5.13 Å². The summed E-state index contributed by atoms with van der Waals surface area (Å²) < 4.78 is 0. The van der Waals surface area contributed by atoms with Crippen molar-refractivity contribution in [2.75, 3.05) is 44.2 Å². The van der Waals surface area contributed by atoms with Gasteiger partial charge in [0.1, 0.15) is 0 Å². The maximum absolute atomic E-state index is 12.6. The Balaban J connectivity index is 1.28. The van der Waals surface area contributed by atoms with E-state index in [-0.39, 0.29) is 0 Å². The van der Waals surface area contributed by atoms with Crippen molar-refractivity contribution in [1.29, 1.82) is 0 Å². The Hall–Kier alpha value is -1.14. The van der Waals surface area contributed by atoms with Gasteiger partial charge in [-0.3, -0.25) is 9.69 Å². The lowest BCUT2D eigenvalue weighted by atomic mass is 10.1. The average molecular weight is 377 g/mol. The minimum Gasteiger partial charge on any atom is -0.345 e. The Morgan fingerprint density at radius 2 is 1.65 bits per heavy atom. The SMILES string of the molecule is O=C(C1CCCC1)N1CCN(c2nc(CN3CCCCCC3)cs2)CC1. The lowest BCUT2D eigenvalue weighted by Gasteiger charge is -2.35. The Labute approximate surface area is 161 Å². The molecule has 0 aromatic carbocycles. The summed E-state index contributed by atoms with van der Waals surface area (Å²) in [6.45, 7) is 7.00. The number of carbonyl (C=O) groups is 1. The number of thiazole rings is 1. The van der Waals surface area contributed by atoms with Crippen LogP contribution in [0.3, 0.4) is 0 Å². The zero-order valence-electron chi connectivity index (χ0n) is 15.9. The first-order valence-electron chi connectivity index (χ1n) is 10.5. The van der Waals surface area contributed by atoms with E-state index >= 15 is 0 Å². The number of hydrogen-bond donors (Lipinski definition) is 0. The third kappa shape index (κ3) is 4.39. The number of hydrogen-bond acceptors (Lipinski definition) is 5. The fraction of sp³-hybridized carbons (Fsp3) is 0.800. The highest BCUT2D eigenvalue weighted by molar-refractivity contribution is 7.13. The Morgan fingerprint density at radius 1 is 0.962 bits per heavy atom. The standard InChI is InChI=1S/C20H32N4OS/c25-19(17-7-3-4-8-17)23-11-13-24(14-12-23)20-21-18(16-26-20)15-22-9-5-1-2-6-10-22/h16-17H,1-15H2. The summed E-state index contributed by atoms with van der Waals surface area (Å²) >= 11 is 1.77. The van der Waals surface area contributed by atoms with Gasteiger partial charge in [0, 0.05) is 44.0 Å². The maximum atomic E-state index is 12.6. The molecule has 2 aliphatic heterocycles. The number of carbonyl (C=O) groups excluding carboxylic acids is 1. The molecule has 1 aromatic heterocycles. The van der Waals surface area contributed by atoms with Crippen LogP contribution >= 0.6 is 11.3 Å². The van der Waals surface area contributed by atoms with Crippen molar-refractivity contribution in [3.63, 3.8) is 0 Å². The van der Waals surface area contributed by atoms with Crippen molar-refractivity contribution in [1.82, 2.24) is 14.8 Å². The first kappa shape index (κ1) is 18.2. The summed E-state index contributed by atoms with van der Waals surface area (Å²) in [5.74, 6) is 0.713. The smallest absolute Gasteiger partial charge is 0.225 e. The molecule has 2 saturated heterocycles. The second-order valence-electron chi connectivity index (χ2n) is 8.11. The zero-order chi connectivity index (χ0) is 17.8. The molecule has 3 fully saturated rings. The lowest BCUT2D eigenvalue weighted by Crippen LogP contribution is -2.50. The number of rotatable bonds is 4. The van der Waals surface area contributed by atoms with E-state index < -0.39 is 0 Å². The van der Waals surface area contributed by atoms with Crippen LogP contribution in [0, 0.1) is 5.92 Å². The highest BCUT2D eigenvalue weighted by Gasteiger charge is 2.30. The van der Waals surface area contributed by atoms with Gasteiger partial charge in [-0.25, -0.2) is 4.98 Å². The Bertz CT molecular complexity index is 582. The van der Waals surface area contributed by atoms with Crippen LogP contribution in [0.1, 0.15) is 57.1 Å². The number of piperazine rings is 1. The quantitative estimate of drug-likeness (QED) is 0.808. The fourth-order valence-corrected chi connectivity index (χ4v) is 5.46. The minimum absolute atomic E-state index is 0.307. The molecule has 6 heteroatoms. The third-order valence-electron chi connectivity index (χ3n) is 6.19. The van der Waals surface area contributed by atoms with Gasteiger partial charge < -0.3 is 9.80 Å². The van der Waals surface area contributed by atoms with E-state index in [4.69, 9.17) is 4.98 Å². The molecule has 4 rings (SSSR count). The van der Waals surface area contributed by atoms with Crippen molar-refractivity contribution in [3.8, 4) is 0 Å². The molecule has 0 radical (unpaired) electrons. The van der Waals surface area contributed by atoms with Crippen LogP contribution in [0.5, 0.6) is 0 Å². The van der Waals surface area contributed by atoms with Crippen molar-refractivity contribution in [3.05, 3.63) is 11.1 Å². The molecule has 26 heavy (non-hydrogen) atoms. The summed E-state index contributed by atoms with van der Waals surface area (Å²) in [5.41, 5.74) is 1.22. The topological polar surface area (TPSA) is 39.7 Å². The second kappa shape index (κ2) is 8.70. The first-order chi connectivity index (χ1) is 12.8. The summed E-state index contributed by atoms with van der Waals surface area (Å²) in [4.78, 5) is 24.5. The van der Waals surface area contributed by atoms with E-state index in [1.54, 1.807) is 11.3 Å². The Morgan fingerprint density at radius 3 is 2.35 bits per heavy atom. The summed E-state index contributed by atoms with van der Waals surface area (Å²) in [6.07, 6.45) is 10.1. The van der Waals surface area contributed by atoms with Crippen molar-refractivity contribution < 1.29 is 4.79 Å². The number of aromatic nitrogens is 1. The molecule has 0 spiro atoms. The molecule has 1 aliphatic carbocycles. The predicted molar refractivity (Wildman–Crippen MR) is 107 cm³/mol.